The van der Waals surface area contributed by atoms with Gasteiger partial charge in [0, 0.05) is 10.4 Å². The van der Waals surface area contributed by atoms with Gasteiger partial charge in [-0.15, -0.1) is 0 Å². The van der Waals surface area contributed by atoms with Crippen molar-refractivity contribution in [1.29, 1.82) is 10.8 Å². The van der Waals surface area contributed by atoms with Crippen LogP contribution >= 0.6 is 69.6 Å². The average Bonchev–Trinajstić information content (AvgIpc) is 2.53. The van der Waals surface area contributed by atoms with E-state index >= 15 is 0 Å². The van der Waals surface area contributed by atoms with E-state index in [1.165, 1.54) is 24.3 Å². The van der Waals surface area contributed by atoms with Crippen LogP contribution in [0.1, 0.15) is 0 Å². The Labute approximate surface area is 183 Å². The number of halogens is 6. The molecule has 0 aliphatic carbocycles. The Balaban J connectivity index is 0.000000405. The lowest BCUT2D eigenvalue weighted by atomic mass is 10.3. The summed E-state index contributed by atoms with van der Waals surface area (Å²) in [6.45, 7) is 0. The second-order valence-electron chi connectivity index (χ2n) is 4.04. The second kappa shape index (κ2) is 11.7. The van der Waals surface area contributed by atoms with Gasteiger partial charge in [0.25, 0.3) is 0 Å². The highest BCUT2D eigenvalue weighted by Gasteiger charge is 2.15. The summed E-state index contributed by atoms with van der Waals surface area (Å²) in [7, 11) is -5.17. The molecule has 0 unspecified atom stereocenters. The van der Waals surface area contributed by atoms with Gasteiger partial charge in [0.1, 0.15) is 10.0 Å². The van der Waals surface area contributed by atoms with Gasteiger partial charge in [-0.05, 0) is 12.1 Å². The molecule has 2 rings (SSSR count). The monoisotopic (exact) mass is 510 g/mol. The summed E-state index contributed by atoms with van der Waals surface area (Å²) in [5, 5.41) is 18.6. The number of diazo groups is 2. The first-order valence-electron chi connectivity index (χ1n) is 5.96. The predicted molar refractivity (Wildman–Crippen MR) is 103 cm³/mol. The van der Waals surface area contributed by atoms with E-state index < -0.39 is 10.4 Å². The van der Waals surface area contributed by atoms with Crippen molar-refractivity contribution in [2.75, 3.05) is 0 Å². The lowest BCUT2D eigenvalue weighted by molar-refractivity contribution is 0.352. The van der Waals surface area contributed by atoms with Gasteiger partial charge in [-0.25, -0.2) is 0 Å². The van der Waals surface area contributed by atoms with Crippen LogP contribution < -0.4 is 0 Å². The summed E-state index contributed by atoms with van der Waals surface area (Å²) in [6, 6.07) is 5.60. The van der Waals surface area contributed by atoms with Crippen molar-refractivity contribution in [2.24, 2.45) is 0 Å². The summed E-state index contributed by atoms with van der Waals surface area (Å²) in [5.41, 5.74) is 0.419. The van der Waals surface area contributed by atoms with Gasteiger partial charge in [-0.3, -0.25) is 8.42 Å². The molecule has 0 heterocycles. The van der Waals surface area contributed by atoms with Crippen molar-refractivity contribution in [2.45, 2.75) is 0 Å². The molecule has 15 heteroatoms. The van der Waals surface area contributed by atoms with Crippen molar-refractivity contribution < 1.29 is 17.5 Å². The van der Waals surface area contributed by atoms with E-state index in [0.717, 1.165) is 0 Å². The molecule has 0 amide bonds. The van der Waals surface area contributed by atoms with Crippen LogP contribution in [-0.2, 0) is 10.4 Å². The Morgan fingerprint density at radius 1 is 0.630 bits per heavy atom. The Bertz CT molecular complexity index is 945. The first-order chi connectivity index (χ1) is 12.3. The van der Waals surface area contributed by atoms with Crippen molar-refractivity contribution in [3.8, 4) is 0 Å². The molecule has 0 saturated carbocycles. The number of hydrogen-bond donors (Lipinski definition) is 0. The highest BCUT2D eigenvalue weighted by atomic mass is 35.5. The molecule has 0 N–H and O–H groups in total. The summed E-state index contributed by atoms with van der Waals surface area (Å²) in [4.78, 5) is 5.79. The van der Waals surface area contributed by atoms with Crippen molar-refractivity contribution in [1.82, 2.24) is 0 Å². The van der Waals surface area contributed by atoms with Crippen LogP contribution in [0, 0.1) is 10.8 Å². The van der Waals surface area contributed by atoms with E-state index in [0.29, 0.717) is 20.1 Å². The zero-order valence-electron chi connectivity index (χ0n) is 12.4. The minimum atomic E-state index is -5.17. The minimum absolute atomic E-state index is 0.209. The molecule has 0 atom stereocenters. The maximum atomic E-state index is 8.52. The summed E-state index contributed by atoms with van der Waals surface area (Å²) in [6.07, 6.45) is 0. The normalized spacial score (nSPS) is 9.70. The highest BCUT2D eigenvalue weighted by Crippen LogP contribution is 2.34. The Hall–Kier alpha value is -1.11. The third kappa shape index (κ3) is 10.7. The summed E-state index contributed by atoms with van der Waals surface area (Å²) in [5.74, 6) is 0. The quantitative estimate of drug-likeness (QED) is 0.162. The third-order valence-corrected chi connectivity index (χ3v) is 4.24. The average molecular weight is 513 g/mol. The van der Waals surface area contributed by atoms with E-state index in [9.17, 15) is 0 Å². The standard InChI is InChI=1S/2C6H2Cl3N2.H2O4S/c2*7-3-1-5(9)6(11-10)2-4(3)8;1-5(2,3)4/h2*1-2H;(H2,1,2,3,4)/q2*+1;/p-2. The van der Waals surface area contributed by atoms with E-state index in [2.05, 4.69) is 9.95 Å². The van der Waals surface area contributed by atoms with Gasteiger partial charge in [0.05, 0.1) is 32.2 Å². The molecule has 0 spiro atoms. The van der Waals surface area contributed by atoms with Gasteiger partial charge in [-0.1, -0.05) is 69.6 Å². The molecular formula is C12H4Cl6N4O4S. The molecule has 0 aliphatic heterocycles. The van der Waals surface area contributed by atoms with Crippen LogP contribution in [0.2, 0.25) is 30.1 Å². The van der Waals surface area contributed by atoms with Crippen LogP contribution in [0.3, 0.4) is 0 Å². The maximum Gasteiger partial charge on any atom is 0.404 e. The molecule has 8 nitrogen and oxygen atoms in total. The van der Waals surface area contributed by atoms with Crippen molar-refractivity contribution >= 4 is 91.4 Å². The zero-order valence-corrected chi connectivity index (χ0v) is 17.8. The lowest BCUT2D eigenvalue weighted by Crippen LogP contribution is -1.91. The van der Waals surface area contributed by atoms with Crippen LogP contribution in [0.5, 0.6) is 0 Å². The predicted octanol–water partition coefficient (Wildman–Crippen LogP) is 6.92. The number of benzene rings is 2. The third-order valence-electron chi connectivity index (χ3n) is 2.19. The first-order valence-corrected chi connectivity index (χ1v) is 9.56. The van der Waals surface area contributed by atoms with Crippen LogP contribution in [0.15, 0.2) is 24.3 Å². The number of hydrogen-bond acceptors (Lipinski definition) is 6. The van der Waals surface area contributed by atoms with Gasteiger partial charge < -0.3 is 9.11 Å². The van der Waals surface area contributed by atoms with Crippen LogP contribution in [0.4, 0.5) is 11.4 Å². The van der Waals surface area contributed by atoms with Crippen molar-refractivity contribution in [3.63, 3.8) is 0 Å². The highest BCUT2D eigenvalue weighted by molar-refractivity contribution is 7.79. The van der Waals surface area contributed by atoms with E-state index in [4.69, 9.17) is 97.9 Å². The molecule has 144 valence electrons. The van der Waals surface area contributed by atoms with Gasteiger partial charge >= 0.3 is 11.4 Å². The molecule has 0 radical (unpaired) electrons. The number of rotatable bonds is 0. The van der Waals surface area contributed by atoms with Crippen LogP contribution in [-0.4, -0.2) is 17.5 Å². The maximum absolute atomic E-state index is 8.52. The SMILES string of the molecule is N#[N+]c1cc(Cl)c(Cl)cc1Cl.N#[N+]c1cc(Cl)c(Cl)cc1Cl.O=S(=O)([O-])[O-]. The topological polar surface area (TPSA) is 137 Å². The molecule has 0 fully saturated rings. The van der Waals surface area contributed by atoms with Crippen molar-refractivity contribution in [3.05, 3.63) is 64.4 Å². The van der Waals surface area contributed by atoms with Gasteiger partial charge in [0.15, 0.2) is 9.95 Å². The molecular weight excluding hydrogens is 509 g/mol. The Morgan fingerprint density at radius 3 is 1.07 bits per heavy atom. The second-order valence-corrected chi connectivity index (χ2v) is 7.30. The molecule has 27 heavy (non-hydrogen) atoms. The van der Waals surface area contributed by atoms with E-state index in [-0.39, 0.29) is 21.4 Å². The smallest absolute Gasteiger partial charge is 0.404 e. The summed E-state index contributed by atoms with van der Waals surface area (Å²) < 4.78 is 34.1. The van der Waals surface area contributed by atoms with Gasteiger partial charge in [0.2, 0.25) is 10.8 Å². The molecule has 0 bridgehead atoms. The Morgan fingerprint density at radius 2 is 0.852 bits per heavy atom. The lowest BCUT2D eigenvalue weighted by Gasteiger charge is -2.06. The largest absolute Gasteiger partial charge is 0.759 e. The zero-order chi connectivity index (χ0) is 21.4. The van der Waals surface area contributed by atoms with Gasteiger partial charge in [-0.2, -0.15) is 0 Å². The first kappa shape index (κ1) is 25.9. The van der Waals surface area contributed by atoms with Crippen LogP contribution in [0.25, 0.3) is 9.95 Å². The minimum Gasteiger partial charge on any atom is -0.759 e. The fourth-order valence-electron chi connectivity index (χ4n) is 1.18. The Kier molecular flexibility index (Phi) is 11.2. The van der Waals surface area contributed by atoms with E-state index in [1.807, 2.05) is 0 Å². The number of nitrogens with zero attached hydrogens (tertiary/aromatic N) is 4. The fraction of sp³-hybridized carbons (Fsp3) is 0. The van der Waals surface area contributed by atoms with E-state index in [1.54, 1.807) is 0 Å². The molecule has 0 saturated heterocycles. The molecule has 0 aliphatic rings. The fourth-order valence-corrected chi connectivity index (χ4v) is 2.34. The summed E-state index contributed by atoms with van der Waals surface area (Å²) >= 11 is 33.6. The molecule has 0 aromatic heterocycles. The molecule has 2 aromatic carbocycles. The molecule has 2 aromatic rings.